The molecule has 0 N–H and O–H groups in total. The van der Waals surface area contributed by atoms with Gasteiger partial charge in [0.2, 0.25) is 0 Å². The van der Waals surface area contributed by atoms with Crippen molar-refractivity contribution in [1.82, 2.24) is 0 Å². The Kier molecular flexibility index (Phi) is 65.7. The van der Waals surface area contributed by atoms with Crippen LogP contribution in [0.15, 0.2) is 0 Å². The predicted molar refractivity (Wildman–Crippen MR) is 12.9 cm³/mol. The molecular weight excluding hydrogens is 177 g/mol. The van der Waals surface area contributed by atoms with Crippen LogP contribution in [-0.2, 0) is 24.4 Å². The molecule has 0 aliphatic rings. The minimum atomic E-state index is -1.75. The van der Waals surface area contributed by atoms with E-state index in [0.29, 0.717) is 0 Å². The average Bonchev–Trinajstić information content (AvgIpc) is 1.39. The first-order valence-electron chi connectivity index (χ1n) is 0.943. The van der Waals surface area contributed by atoms with E-state index in [4.69, 9.17) is 15.9 Å². The van der Waals surface area contributed by atoms with E-state index in [-0.39, 0.29) is 16.8 Å². The summed E-state index contributed by atoms with van der Waals surface area (Å²) in [7, 11) is 0. The van der Waals surface area contributed by atoms with Crippen molar-refractivity contribution < 1.29 is 32.7 Å². The first-order valence-corrected chi connectivity index (χ1v) is 2.83. The molecule has 0 atom stereocenters. The zero-order chi connectivity index (χ0) is 5.41. The summed E-state index contributed by atoms with van der Waals surface area (Å²) in [5.74, 6) is 0. The van der Waals surface area contributed by atoms with Gasteiger partial charge in [-0.25, -0.2) is 0 Å². The monoisotopic (exact) mass is 177 g/mol. The Morgan fingerprint density at radius 1 is 1.00 bits per heavy atom. The zero-order valence-corrected chi connectivity index (χ0v) is 6.47. The molecular formula is Al2CoO4. The van der Waals surface area contributed by atoms with Crippen molar-refractivity contribution in [2.24, 2.45) is 0 Å². The molecule has 4 nitrogen and oxygen atoms in total. The van der Waals surface area contributed by atoms with Crippen molar-refractivity contribution >= 4 is 31.0 Å². The molecule has 0 bridgehead atoms. The summed E-state index contributed by atoms with van der Waals surface area (Å²) in [4.78, 5) is 0. The van der Waals surface area contributed by atoms with Crippen LogP contribution >= 0.6 is 0 Å². The molecule has 0 saturated heterocycles. The van der Waals surface area contributed by atoms with E-state index >= 15 is 0 Å². The van der Waals surface area contributed by atoms with E-state index < -0.39 is 31.0 Å². The molecule has 0 unspecified atom stereocenters. The molecule has 0 rings (SSSR count). The topological polar surface area (TPSA) is 80.3 Å². The second-order valence-corrected chi connectivity index (χ2v) is 0.577. The molecule has 0 aromatic heterocycles. The quantitative estimate of drug-likeness (QED) is 0.361. The van der Waals surface area contributed by atoms with E-state index in [0.717, 1.165) is 0 Å². The summed E-state index contributed by atoms with van der Waals surface area (Å²) in [6.45, 7) is 0. The van der Waals surface area contributed by atoms with E-state index in [2.05, 4.69) is 0 Å². The van der Waals surface area contributed by atoms with Crippen molar-refractivity contribution in [3.8, 4) is 0 Å². The Bertz CT molecular complexity index is 30.7. The Hall–Kier alpha value is 0.771. The molecule has 7 heteroatoms. The first kappa shape index (κ1) is 15.7. The van der Waals surface area contributed by atoms with Crippen LogP contribution in [0.4, 0.5) is 0 Å². The second kappa shape index (κ2) is 29.4. The van der Waals surface area contributed by atoms with Crippen LogP contribution in [0.5, 0.6) is 0 Å². The third-order valence-corrected chi connectivity index (χ3v) is 0. The molecule has 0 spiro atoms. The SMILES string of the molecule is [Co+2].[O]=[Al][O-].[O]=[Al][O-]. The normalized spacial score (nSPS) is 2.29. The molecule has 0 fully saturated rings. The van der Waals surface area contributed by atoms with Crippen LogP contribution in [0.25, 0.3) is 0 Å². The van der Waals surface area contributed by atoms with Gasteiger partial charge in [0.05, 0.1) is 0 Å². The summed E-state index contributed by atoms with van der Waals surface area (Å²) in [6, 6.07) is 0. The molecule has 0 aromatic carbocycles. The fourth-order valence-corrected chi connectivity index (χ4v) is 0. The van der Waals surface area contributed by atoms with Gasteiger partial charge in [0, 0.05) is 0 Å². The molecule has 1 radical (unpaired) electrons. The van der Waals surface area contributed by atoms with E-state index in [9.17, 15) is 0 Å². The van der Waals surface area contributed by atoms with Gasteiger partial charge in [-0.3, -0.25) is 0 Å². The third kappa shape index (κ3) is 259. The molecule has 0 saturated carbocycles. The fraction of sp³-hybridized carbons (Fsp3) is 0. The maximum atomic E-state index is 8.46. The van der Waals surface area contributed by atoms with Gasteiger partial charge in [0.25, 0.3) is 0 Å². The van der Waals surface area contributed by atoms with Gasteiger partial charge < -0.3 is 0 Å². The van der Waals surface area contributed by atoms with E-state index in [1.807, 2.05) is 0 Å². The maximum absolute atomic E-state index is 8.46. The first-order chi connectivity index (χ1) is 2.83. The van der Waals surface area contributed by atoms with Crippen LogP contribution < -0.4 is 8.32 Å². The van der Waals surface area contributed by atoms with E-state index in [1.165, 1.54) is 0 Å². The van der Waals surface area contributed by atoms with Crippen molar-refractivity contribution in [3.63, 3.8) is 0 Å². The van der Waals surface area contributed by atoms with Gasteiger partial charge in [-0.15, -0.1) is 0 Å². The number of hydrogen-bond acceptors (Lipinski definition) is 4. The van der Waals surface area contributed by atoms with Crippen LogP contribution in [0.1, 0.15) is 0 Å². The van der Waals surface area contributed by atoms with Gasteiger partial charge in [0.15, 0.2) is 0 Å². The second-order valence-electron chi connectivity index (χ2n) is 0.192. The van der Waals surface area contributed by atoms with Crippen molar-refractivity contribution in [2.75, 3.05) is 0 Å². The van der Waals surface area contributed by atoms with Gasteiger partial charge in [-0.2, -0.15) is 0 Å². The van der Waals surface area contributed by atoms with Gasteiger partial charge in [-0.1, -0.05) is 0 Å². The summed E-state index contributed by atoms with van der Waals surface area (Å²) in [5.41, 5.74) is 0. The molecule has 0 aliphatic heterocycles. The average molecular weight is 177 g/mol. The Balaban J connectivity index is -0.0000000400. The molecule has 39 valence electrons. The Morgan fingerprint density at radius 2 is 1.00 bits per heavy atom. The molecule has 0 heterocycles. The van der Waals surface area contributed by atoms with Gasteiger partial charge in [0.1, 0.15) is 0 Å². The summed E-state index contributed by atoms with van der Waals surface area (Å²) >= 11 is -3.50. The molecule has 7 heavy (non-hydrogen) atoms. The number of hydrogen-bond donors (Lipinski definition) is 0. The van der Waals surface area contributed by atoms with Crippen LogP contribution in [-0.4, -0.2) is 31.0 Å². The summed E-state index contributed by atoms with van der Waals surface area (Å²) in [6.07, 6.45) is 0. The summed E-state index contributed by atoms with van der Waals surface area (Å²) in [5, 5.41) is 0. The Morgan fingerprint density at radius 3 is 1.00 bits per heavy atom. The molecule has 0 amide bonds. The predicted octanol–water partition coefficient (Wildman–Crippen LogP) is -3.38. The van der Waals surface area contributed by atoms with Gasteiger partial charge >= 0.3 is 63.7 Å². The third-order valence-electron chi connectivity index (χ3n) is 0. The molecule has 0 aliphatic carbocycles. The standard InChI is InChI=1S/2Al.Co.4O/q;;+2;;;2*-1. The minimum absolute atomic E-state index is 0. The summed E-state index contributed by atoms with van der Waals surface area (Å²) < 4.78 is 33.8. The van der Waals surface area contributed by atoms with Crippen molar-refractivity contribution in [2.45, 2.75) is 0 Å². The van der Waals surface area contributed by atoms with Crippen molar-refractivity contribution in [3.05, 3.63) is 0 Å². The van der Waals surface area contributed by atoms with Crippen LogP contribution in [0, 0.1) is 0 Å². The van der Waals surface area contributed by atoms with Crippen molar-refractivity contribution in [1.29, 1.82) is 0 Å². The molecule has 0 aromatic rings. The van der Waals surface area contributed by atoms with E-state index in [1.54, 1.807) is 0 Å². The fourth-order valence-electron chi connectivity index (χ4n) is 0. The Labute approximate surface area is 63.6 Å². The zero-order valence-electron chi connectivity index (χ0n) is 3.12. The van der Waals surface area contributed by atoms with Crippen LogP contribution in [0.2, 0.25) is 0 Å². The van der Waals surface area contributed by atoms with Crippen LogP contribution in [0.3, 0.4) is 0 Å². The van der Waals surface area contributed by atoms with Gasteiger partial charge in [-0.05, 0) is 0 Å². The number of rotatable bonds is 0.